The molecule has 2 atom stereocenters. The van der Waals surface area contributed by atoms with Crippen LogP contribution in [0.1, 0.15) is 16.8 Å². The summed E-state index contributed by atoms with van der Waals surface area (Å²) in [5.41, 5.74) is 1.13. The Hall–Kier alpha value is -2.61. The van der Waals surface area contributed by atoms with Crippen molar-refractivity contribution >= 4 is 52.3 Å². The molecule has 2 N–H and O–H groups in total. The van der Waals surface area contributed by atoms with Crippen LogP contribution >= 0.6 is 23.2 Å². The first-order chi connectivity index (χ1) is 13.8. The summed E-state index contributed by atoms with van der Waals surface area (Å²) in [5, 5.41) is 13.3. The Morgan fingerprint density at radius 2 is 1.90 bits per heavy atom. The molecule has 9 heteroatoms. The van der Waals surface area contributed by atoms with Gasteiger partial charge in [-0.15, -0.1) is 0 Å². The minimum atomic E-state index is -0.803. The van der Waals surface area contributed by atoms with E-state index in [0.717, 1.165) is 0 Å². The number of rotatable bonds is 3. The summed E-state index contributed by atoms with van der Waals surface area (Å²) in [6.07, 6.45) is -0.631. The molecule has 2 heterocycles. The zero-order chi connectivity index (χ0) is 20.7. The van der Waals surface area contributed by atoms with Crippen molar-refractivity contribution in [3.63, 3.8) is 0 Å². The second-order valence-electron chi connectivity index (χ2n) is 6.98. The molecule has 0 spiro atoms. The summed E-state index contributed by atoms with van der Waals surface area (Å²) >= 11 is 11.9. The van der Waals surface area contributed by atoms with Gasteiger partial charge in [0.05, 0.1) is 27.4 Å². The molecule has 150 valence electrons. The van der Waals surface area contributed by atoms with Crippen LogP contribution in [0.25, 0.3) is 0 Å². The van der Waals surface area contributed by atoms with Crippen molar-refractivity contribution in [2.45, 2.75) is 18.6 Å². The fourth-order valence-corrected chi connectivity index (χ4v) is 3.99. The molecule has 0 aliphatic carbocycles. The highest BCUT2D eigenvalue weighted by molar-refractivity contribution is 6.42. The molecule has 4 rings (SSSR count). The molecule has 0 bridgehead atoms. The molecule has 2 aliphatic heterocycles. The highest BCUT2D eigenvalue weighted by atomic mass is 35.5. The lowest BCUT2D eigenvalue weighted by Gasteiger charge is -2.25. The van der Waals surface area contributed by atoms with Crippen LogP contribution < -0.4 is 10.2 Å². The Bertz CT molecular complexity index is 1010. The van der Waals surface area contributed by atoms with Crippen molar-refractivity contribution in [1.82, 2.24) is 4.90 Å². The Balaban J connectivity index is 1.63. The van der Waals surface area contributed by atoms with Crippen LogP contribution in [0.15, 0.2) is 42.5 Å². The van der Waals surface area contributed by atoms with Crippen LogP contribution in [0.2, 0.25) is 10.0 Å². The van der Waals surface area contributed by atoms with Crippen LogP contribution in [0.5, 0.6) is 0 Å². The standard InChI is InChI=1S/C20H17Cl2N3O4/c21-14-6-5-11(7-15(14)22)23-18(27)10-25-16-4-2-1-3-13(16)19(28)24-9-12(26)8-17(24)20(25)29/h1-7,12,17,26H,8-10H2,(H,23,27)/t12-,17-/m0/s1. The summed E-state index contributed by atoms with van der Waals surface area (Å²) in [6, 6.07) is 10.5. The Labute approximate surface area is 176 Å². The number of amides is 3. The van der Waals surface area contributed by atoms with Gasteiger partial charge in [-0.3, -0.25) is 14.4 Å². The number of nitrogens with zero attached hydrogens (tertiary/aromatic N) is 2. The molecule has 29 heavy (non-hydrogen) atoms. The zero-order valence-corrected chi connectivity index (χ0v) is 16.7. The normalized spacial score (nSPS) is 20.9. The topological polar surface area (TPSA) is 90.0 Å². The number of aliphatic hydroxyl groups excluding tert-OH is 1. The number of halogens is 2. The molecule has 2 aliphatic rings. The number of carbonyl (C=O) groups is 3. The van der Waals surface area contributed by atoms with E-state index in [0.29, 0.717) is 27.0 Å². The third-order valence-electron chi connectivity index (χ3n) is 5.02. The van der Waals surface area contributed by atoms with Crippen molar-refractivity contribution in [2.75, 3.05) is 23.3 Å². The predicted molar refractivity (Wildman–Crippen MR) is 109 cm³/mol. The minimum Gasteiger partial charge on any atom is -0.391 e. The fourth-order valence-electron chi connectivity index (χ4n) is 3.70. The van der Waals surface area contributed by atoms with Gasteiger partial charge in [-0.1, -0.05) is 35.3 Å². The van der Waals surface area contributed by atoms with Crippen LogP contribution in [0, 0.1) is 0 Å². The summed E-state index contributed by atoms with van der Waals surface area (Å²) in [6.45, 7) is -0.198. The Morgan fingerprint density at radius 3 is 2.66 bits per heavy atom. The maximum Gasteiger partial charge on any atom is 0.256 e. The SMILES string of the molecule is O=C(CN1C(=O)[C@@H]2C[C@H](O)CN2C(=O)c2ccccc21)Nc1ccc(Cl)c(Cl)c1. The molecule has 2 aromatic rings. The summed E-state index contributed by atoms with van der Waals surface area (Å²) in [5.74, 6) is -1.18. The average molecular weight is 434 g/mol. The fraction of sp³-hybridized carbons (Fsp3) is 0.250. The molecule has 7 nitrogen and oxygen atoms in total. The summed E-state index contributed by atoms with van der Waals surface area (Å²) in [7, 11) is 0. The number of benzene rings is 2. The van der Waals surface area contributed by atoms with Crippen LogP contribution in [-0.4, -0.2) is 53.0 Å². The highest BCUT2D eigenvalue weighted by Crippen LogP contribution is 2.32. The van der Waals surface area contributed by atoms with E-state index in [1.807, 2.05) is 0 Å². The van der Waals surface area contributed by atoms with Gasteiger partial charge < -0.3 is 20.2 Å². The quantitative estimate of drug-likeness (QED) is 0.777. The number of anilines is 2. The molecular formula is C20H17Cl2N3O4. The van der Waals surface area contributed by atoms with Gasteiger partial charge in [-0.25, -0.2) is 0 Å². The molecule has 2 aromatic carbocycles. The largest absolute Gasteiger partial charge is 0.391 e. The molecule has 0 saturated carbocycles. The van der Waals surface area contributed by atoms with E-state index in [9.17, 15) is 19.5 Å². The highest BCUT2D eigenvalue weighted by Gasteiger charge is 2.45. The minimum absolute atomic E-state index is 0.0902. The van der Waals surface area contributed by atoms with Gasteiger partial charge in [0.2, 0.25) is 11.8 Å². The molecular weight excluding hydrogens is 417 g/mol. The second-order valence-corrected chi connectivity index (χ2v) is 7.80. The monoisotopic (exact) mass is 433 g/mol. The van der Waals surface area contributed by atoms with Gasteiger partial charge in [0.25, 0.3) is 5.91 Å². The van der Waals surface area contributed by atoms with E-state index in [4.69, 9.17) is 23.2 Å². The molecule has 0 unspecified atom stereocenters. The van der Waals surface area contributed by atoms with Crippen LogP contribution in [-0.2, 0) is 9.59 Å². The number of hydrogen-bond acceptors (Lipinski definition) is 4. The molecule has 3 amide bonds. The first-order valence-electron chi connectivity index (χ1n) is 8.99. The molecule has 1 saturated heterocycles. The number of carbonyl (C=O) groups excluding carboxylic acids is 3. The van der Waals surface area contributed by atoms with Gasteiger partial charge in [0.15, 0.2) is 0 Å². The number of aliphatic hydroxyl groups is 1. The Morgan fingerprint density at radius 1 is 1.14 bits per heavy atom. The average Bonchev–Trinajstić information content (AvgIpc) is 3.07. The summed E-state index contributed by atoms with van der Waals surface area (Å²) < 4.78 is 0. The number of hydrogen-bond donors (Lipinski definition) is 2. The van der Waals surface area contributed by atoms with Gasteiger partial charge >= 0.3 is 0 Å². The predicted octanol–water partition coefficient (Wildman–Crippen LogP) is 2.55. The lowest BCUT2D eigenvalue weighted by atomic mass is 10.1. The first kappa shape index (κ1) is 19.7. The number of fused-ring (bicyclic) bond motifs is 2. The molecule has 0 aromatic heterocycles. The van der Waals surface area contributed by atoms with Crippen molar-refractivity contribution in [3.8, 4) is 0 Å². The van der Waals surface area contributed by atoms with E-state index < -0.39 is 24.0 Å². The van der Waals surface area contributed by atoms with Gasteiger partial charge in [0, 0.05) is 18.7 Å². The number of para-hydroxylation sites is 1. The smallest absolute Gasteiger partial charge is 0.256 e. The van der Waals surface area contributed by atoms with Crippen molar-refractivity contribution in [2.24, 2.45) is 0 Å². The van der Waals surface area contributed by atoms with E-state index in [2.05, 4.69) is 5.32 Å². The van der Waals surface area contributed by atoms with E-state index in [1.54, 1.807) is 36.4 Å². The molecule has 0 radical (unpaired) electrons. The van der Waals surface area contributed by atoms with Crippen molar-refractivity contribution in [1.29, 1.82) is 0 Å². The number of nitrogens with one attached hydrogen (secondary N) is 1. The van der Waals surface area contributed by atoms with E-state index in [1.165, 1.54) is 15.9 Å². The molecule has 1 fully saturated rings. The first-order valence-corrected chi connectivity index (χ1v) is 9.75. The third-order valence-corrected chi connectivity index (χ3v) is 5.76. The summed E-state index contributed by atoms with van der Waals surface area (Å²) in [4.78, 5) is 41.4. The lowest BCUT2D eigenvalue weighted by Crippen LogP contribution is -2.47. The van der Waals surface area contributed by atoms with Gasteiger partial charge in [-0.05, 0) is 30.3 Å². The lowest BCUT2D eigenvalue weighted by molar-refractivity contribution is -0.124. The van der Waals surface area contributed by atoms with Crippen LogP contribution in [0.4, 0.5) is 11.4 Å². The Kier molecular flexibility index (Phi) is 5.21. The van der Waals surface area contributed by atoms with Gasteiger partial charge in [0.1, 0.15) is 12.6 Å². The van der Waals surface area contributed by atoms with Crippen LogP contribution in [0.3, 0.4) is 0 Å². The third kappa shape index (κ3) is 3.69. The van der Waals surface area contributed by atoms with Crippen molar-refractivity contribution < 1.29 is 19.5 Å². The maximum atomic E-state index is 13.2. The van der Waals surface area contributed by atoms with E-state index >= 15 is 0 Å². The second kappa shape index (κ2) is 7.67. The maximum absolute atomic E-state index is 13.2. The van der Waals surface area contributed by atoms with E-state index in [-0.39, 0.29) is 25.4 Å². The zero-order valence-electron chi connectivity index (χ0n) is 15.1. The van der Waals surface area contributed by atoms with Gasteiger partial charge in [-0.2, -0.15) is 0 Å². The van der Waals surface area contributed by atoms with Crippen molar-refractivity contribution in [3.05, 3.63) is 58.1 Å².